The van der Waals surface area contributed by atoms with Crippen LogP contribution in [-0.4, -0.2) is 26.0 Å². The van der Waals surface area contributed by atoms with Gasteiger partial charge in [-0.2, -0.15) is 0 Å². The lowest BCUT2D eigenvalue weighted by atomic mass is 9.95. The van der Waals surface area contributed by atoms with Gasteiger partial charge < -0.3 is 20.1 Å². The number of amides is 2. The van der Waals surface area contributed by atoms with Gasteiger partial charge in [0.15, 0.2) is 0 Å². The predicted molar refractivity (Wildman–Crippen MR) is 128 cm³/mol. The molecule has 6 nitrogen and oxygen atoms in total. The van der Waals surface area contributed by atoms with Crippen molar-refractivity contribution in [3.63, 3.8) is 0 Å². The van der Waals surface area contributed by atoms with Crippen molar-refractivity contribution in [3.8, 4) is 11.5 Å². The summed E-state index contributed by atoms with van der Waals surface area (Å²) in [7, 11) is 3.12. The normalized spacial score (nSPS) is 12.6. The second-order valence-corrected chi connectivity index (χ2v) is 8.86. The molecule has 2 N–H and O–H groups in total. The number of thiophene rings is 1. The van der Waals surface area contributed by atoms with Crippen LogP contribution in [0.15, 0.2) is 42.5 Å². The zero-order valence-electron chi connectivity index (χ0n) is 18.4. The Morgan fingerprint density at radius 3 is 2.38 bits per heavy atom. The SMILES string of the molecule is COc1ccc(OC)c(NC(=O)c2c(NC(=O)c3ccc(C)cc3)sc3c2CCCC3)c1. The fourth-order valence-electron chi connectivity index (χ4n) is 3.87. The summed E-state index contributed by atoms with van der Waals surface area (Å²) >= 11 is 1.50. The van der Waals surface area contributed by atoms with Crippen LogP contribution in [0.2, 0.25) is 0 Å². The second kappa shape index (κ2) is 9.44. The molecule has 0 unspecified atom stereocenters. The molecule has 0 atom stereocenters. The third-order valence-electron chi connectivity index (χ3n) is 5.59. The molecular weight excluding hydrogens is 424 g/mol. The minimum atomic E-state index is -0.268. The first-order chi connectivity index (χ1) is 15.5. The molecule has 2 aromatic carbocycles. The van der Waals surface area contributed by atoms with Crippen LogP contribution in [0.1, 0.15) is 49.6 Å². The number of fused-ring (bicyclic) bond motifs is 1. The van der Waals surface area contributed by atoms with Crippen molar-refractivity contribution in [2.24, 2.45) is 0 Å². The van der Waals surface area contributed by atoms with E-state index >= 15 is 0 Å². The first-order valence-electron chi connectivity index (χ1n) is 10.6. The molecule has 0 spiro atoms. The first-order valence-corrected chi connectivity index (χ1v) is 11.4. The van der Waals surface area contributed by atoms with Crippen molar-refractivity contribution in [2.45, 2.75) is 32.6 Å². The van der Waals surface area contributed by atoms with E-state index in [0.29, 0.717) is 33.3 Å². The van der Waals surface area contributed by atoms with Crippen LogP contribution in [0.25, 0.3) is 0 Å². The van der Waals surface area contributed by atoms with E-state index in [4.69, 9.17) is 9.47 Å². The van der Waals surface area contributed by atoms with Crippen molar-refractivity contribution in [1.29, 1.82) is 0 Å². The maximum Gasteiger partial charge on any atom is 0.259 e. The number of nitrogens with one attached hydrogen (secondary N) is 2. The van der Waals surface area contributed by atoms with Gasteiger partial charge in [-0.15, -0.1) is 11.3 Å². The molecule has 0 saturated heterocycles. The Kier molecular flexibility index (Phi) is 6.46. The Labute approximate surface area is 191 Å². The van der Waals surface area contributed by atoms with E-state index in [-0.39, 0.29) is 11.8 Å². The lowest BCUT2D eigenvalue weighted by Gasteiger charge is -2.15. The van der Waals surface area contributed by atoms with Gasteiger partial charge in [0.2, 0.25) is 0 Å². The van der Waals surface area contributed by atoms with Crippen LogP contribution in [0.4, 0.5) is 10.7 Å². The van der Waals surface area contributed by atoms with Gasteiger partial charge >= 0.3 is 0 Å². The molecule has 7 heteroatoms. The number of carbonyl (C=O) groups is 2. The number of hydrogen-bond acceptors (Lipinski definition) is 5. The van der Waals surface area contributed by atoms with E-state index in [1.165, 1.54) is 16.2 Å². The van der Waals surface area contributed by atoms with Gasteiger partial charge in [-0.3, -0.25) is 9.59 Å². The molecule has 1 aliphatic rings. The molecule has 166 valence electrons. The van der Waals surface area contributed by atoms with E-state index in [2.05, 4.69) is 10.6 Å². The minimum absolute atomic E-state index is 0.225. The summed E-state index contributed by atoms with van der Waals surface area (Å²) in [6, 6.07) is 12.6. The molecule has 0 saturated carbocycles. The number of carbonyl (C=O) groups excluding carboxylic acids is 2. The lowest BCUT2D eigenvalue weighted by Crippen LogP contribution is -2.19. The van der Waals surface area contributed by atoms with Crippen LogP contribution in [-0.2, 0) is 12.8 Å². The van der Waals surface area contributed by atoms with Gasteiger partial charge in [0.05, 0.1) is 25.5 Å². The Morgan fingerprint density at radius 1 is 0.906 bits per heavy atom. The zero-order chi connectivity index (χ0) is 22.7. The number of aryl methyl sites for hydroxylation is 2. The fraction of sp³-hybridized carbons (Fsp3) is 0.280. The average molecular weight is 451 g/mol. The zero-order valence-corrected chi connectivity index (χ0v) is 19.2. The van der Waals surface area contributed by atoms with E-state index in [9.17, 15) is 9.59 Å². The van der Waals surface area contributed by atoms with Gasteiger partial charge in [0.25, 0.3) is 11.8 Å². The predicted octanol–water partition coefficient (Wildman–Crippen LogP) is 5.46. The molecule has 1 aliphatic carbocycles. The summed E-state index contributed by atoms with van der Waals surface area (Å²) in [5, 5.41) is 6.53. The molecule has 2 amide bonds. The highest BCUT2D eigenvalue weighted by Gasteiger charge is 2.27. The van der Waals surface area contributed by atoms with Gasteiger partial charge in [-0.25, -0.2) is 0 Å². The molecule has 1 heterocycles. The molecule has 0 fully saturated rings. The summed E-state index contributed by atoms with van der Waals surface area (Å²) in [4.78, 5) is 27.5. The van der Waals surface area contributed by atoms with Crippen molar-refractivity contribution in [2.75, 3.05) is 24.9 Å². The van der Waals surface area contributed by atoms with Crippen molar-refractivity contribution < 1.29 is 19.1 Å². The van der Waals surface area contributed by atoms with E-state index in [1.807, 2.05) is 19.1 Å². The summed E-state index contributed by atoms with van der Waals surface area (Å²) in [5.74, 6) is 0.654. The number of ether oxygens (including phenoxy) is 2. The number of hydrogen-bond donors (Lipinski definition) is 2. The smallest absolute Gasteiger partial charge is 0.259 e. The van der Waals surface area contributed by atoms with Crippen LogP contribution in [0, 0.1) is 6.92 Å². The molecule has 0 aliphatic heterocycles. The fourth-order valence-corrected chi connectivity index (χ4v) is 5.15. The van der Waals surface area contributed by atoms with Gasteiger partial charge in [0.1, 0.15) is 16.5 Å². The average Bonchev–Trinajstić information content (AvgIpc) is 3.17. The maximum atomic E-state index is 13.4. The number of rotatable bonds is 6. The molecular formula is C25H26N2O4S. The van der Waals surface area contributed by atoms with Crippen molar-refractivity contribution in [3.05, 3.63) is 69.6 Å². The number of anilines is 2. The lowest BCUT2D eigenvalue weighted by molar-refractivity contribution is 0.102. The Morgan fingerprint density at radius 2 is 1.66 bits per heavy atom. The second-order valence-electron chi connectivity index (χ2n) is 7.76. The van der Waals surface area contributed by atoms with E-state index in [1.54, 1.807) is 44.6 Å². The topological polar surface area (TPSA) is 76.7 Å². The highest BCUT2D eigenvalue weighted by atomic mass is 32.1. The Hall–Kier alpha value is -3.32. The highest BCUT2D eigenvalue weighted by molar-refractivity contribution is 7.17. The summed E-state index contributed by atoms with van der Waals surface area (Å²) in [6.07, 6.45) is 3.86. The minimum Gasteiger partial charge on any atom is -0.497 e. The first kappa shape index (κ1) is 21.9. The van der Waals surface area contributed by atoms with Crippen LogP contribution in [0.5, 0.6) is 11.5 Å². The largest absolute Gasteiger partial charge is 0.497 e. The van der Waals surface area contributed by atoms with Gasteiger partial charge in [-0.05, 0) is 62.4 Å². The number of benzene rings is 2. The van der Waals surface area contributed by atoms with Crippen molar-refractivity contribution >= 4 is 33.8 Å². The van der Waals surface area contributed by atoms with Crippen molar-refractivity contribution in [1.82, 2.24) is 0 Å². The quantitative estimate of drug-likeness (QED) is 0.523. The molecule has 32 heavy (non-hydrogen) atoms. The highest BCUT2D eigenvalue weighted by Crippen LogP contribution is 2.39. The Bertz CT molecular complexity index is 1150. The van der Waals surface area contributed by atoms with Crippen LogP contribution >= 0.6 is 11.3 Å². The molecule has 4 rings (SSSR count). The van der Waals surface area contributed by atoms with Gasteiger partial charge in [0, 0.05) is 16.5 Å². The third-order valence-corrected chi connectivity index (χ3v) is 6.80. The van der Waals surface area contributed by atoms with Crippen LogP contribution < -0.4 is 20.1 Å². The summed E-state index contributed by atoms with van der Waals surface area (Å²) in [5.41, 5.74) is 3.72. The molecule has 0 bridgehead atoms. The number of methoxy groups -OCH3 is 2. The molecule has 3 aromatic rings. The third kappa shape index (κ3) is 4.48. The molecule has 0 radical (unpaired) electrons. The van der Waals surface area contributed by atoms with Crippen LogP contribution in [0.3, 0.4) is 0 Å². The summed E-state index contributed by atoms with van der Waals surface area (Å²) < 4.78 is 10.7. The Balaban J connectivity index is 1.67. The van der Waals surface area contributed by atoms with Gasteiger partial charge in [-0.1, -0.05) is 17.7 Å². The molecule has 1 aromatic heterocycles. The van der Waals surface area contributed by atoms with E-state index < -0.39 is 0 Å². The summed E-state index contributed by atoms with van der Waals surface area (Å²) in [6.45, 7) is 1.98. The van der Waals surface area contributed by atoms with E-state index in [0.717, 1.165) is 36.8 Å². The monoisotopic (exact) mass is 450 g/mol. The maximum absolute atomic E-state index is 13.4. The standard InChI is InChI=1S/C25H26N2O4S/c1-15-8-10-16(11-9-15)23(28)27-25-22(18-6-4-5-7-21(18)32-25)24(29)26-19-14-17(30-2)12-13-20(19)31-3/h8-14H,4-7H2,1-3H3,(H,26,29)(H,27,28).